The Kier molecular flexibility index (Phi) is 6.84. The fraction of sp³-hybridized carbons (Fsp3) is 0.857. The van der Waals surface area contributed by atoms with E-state index in [4.69, 9.17) is 15.2 Å². The average molecular weight is 271 g/mol. The standard InChI is InChI=1S/C14H25NO4/c1-10(2)13(16)18-7-8-19-14(17)12-5-3-11(9-15)4-6-12/h10-12H,3-9,15H2,1-2H3/t11-,12-. The average Bonchev–Trinajstić information content (AvgIpc) is 2.43. The van der Waals surface area contributed by atoms with Gasteiger partial charge < -0.3 is 15.2 Å². The van der Waals surface area contributed by atoms with Gasteiger partial charge in [-0.3, -0.25) is 9.59 Å². The summed E-state index contributed by atoms with van der Waals surface area (Å²) in [5.74, 6) is -0.0440. The molecule has 1 saturated carbocycles. The lowest BCUT2D eigenvalue weighted by Gasteiger charge is -2.26. The molecule has 0 saturated heterocycles. The summed E-state index contributed by atoms with van der Waals surface area (Å²) in [5.41, 5.74) is 5.61. The van der Waals surface area contributed by atoms with Crippen LogP contribution in [0, 0.1) is 17.8 Å². The molecule has 0 atom stereocenters. The first-order valence-electron chi connectivity index (χ1n) is 7.08. The molecular weight excluding hydrogens is 246 g/mol. The maximum absolute atomic E-state index is 11.8. The third-order valence-electron chi connectivity index (χ3n) is 3.56. The van der Waals surface area contributed by atoms with Gasteiger partial charge in [0, 0.05) is 0 Å². The predicted molar refractivity (Wildman–Crippen MR) is 71.3 cm³/mol. The summed E-state index contributed by atoms with van der Waals surface area (Å²) < 4.78 is 10.1. The quantitative estimate of drug-likeness (QED) is 0.585. The second-order valence-electron chi connectivity index (χ2n) is 5.44. The highest BCUT2D eigenvalue weighted by molar-refractivity contribution is 5.73. The predicted octanol–water partition coefficient (Wildman–Crippen LogP) is 1.49. The van der Waals surface area contributed by atoms with Crippen molar-refractivity contribution < 1.29 is 19.1 Å². The topological polar surface area (TPSA) is 78.6 Å². The number of hydrogen-bond donors (Lipinski definition) is 1. The molecule has 1 rings (SSSR count). The molecule has 0 aromatic heterocycles. The lowest BCUT2D eigenvalue weighted by molar-refractivity contribution is -0.157. The summed E-state index contributed by atoms with van der Waals surface area (Å²) in [4.78, 5) is 23.0. The second-order valence-corrected chi connectivity index (χ2v) is 5.44. The first-order valence-corrected chi connectivity index (χ1v) is 7.08. The van der Waals surface area contributed by atoms with Crippen LogP contribution in [0.5, 0.6) is 0 Å². The van der Waals surface area contributed by atoms with Crippen LogP contribution in [-0.4, -0.2) is 31.7 Å². The SMILES string of the molecule is CC(C)C(=O)OCCOC(=O)[C@H]1CC[C@H](CN)CC1. The minimum absolute atomic E-state index is 0.0106. The first kappa shape index (κ1) is 16.0. The Labute approximate surface area is 114 Å². The van der Waals surface area contributed by atoms with E-state index >= 15 is 0 Å². The third kappa shape index (κ3) is 5.59. The molecule has 0 aliphatic heterocycles. The van der Waals surface area contributed by atoms with Crippen LogP contribution >= 0.6 is 0 Å². The minimum Gasteiger partial charge on any atom is -0.462 e. The fourth-order valence-electron chi connectivity index (χ4n) is 2.20. The molecule has 110 valence electrons. The van der Waals surface area contributed by atoms with Gasteiger partial charge in [-0.1, -0.05) is 13.8 Å². The monoisotopic (exact) mass is 271 g/mol. The van der Waals surface area contributed by atoms with Gasteiger partial charge >= 0.3 is 11.9 Å². The lowest BCUT2D eigenvalue weighted by atomic mass is 9.82. The van der Waals surface area contributed by atoms with Gasteiger partial charge in [0.25, 0.3) is 0 Å². The Morgan fingerprint density at radius 1 is 1.11 bits per heavy atom. The molecule has 0 aromatic rings. The van der Waals surface area contributed by atoms with Crippen molar-refractivity contribution in [1.29, 1.82) is 0 Å². The van der Waals surface area contributed by atoms with Crippen molar-refractivity contribution in [1.82, 2.24) is 0 Å². The number of hydrogen-bond acceptors (Lipinski definition) is 5. The Balaban J connectivity index is 2.13. The van der Waals surface area contributed by atoms with Gasteiger partial charge in [-0.15, -0.1) is 0 Å². The molecule has 0 unspecified atom stereocenters. The van der Waals surface area contributed by atoms with Crippen LogP contribution in [-0.2, 0) is 19.1 Å². The molecule has 0 aromatic carbocycles. The smallest absolute Gasteiger partial charge is 0.309 e. The number of carbonyl (C=O) groups excluding carboxylic acids is 2. The third-order valence-corrected chi connectivity index (χ3v) is 3.56. The van der Waals surface area contributed by atoms with Gasteiger partial charge in [0.05, 0.1) is 11.8 Å². The summed E-state index contributed by atoms with van der Waals surface area (Å²) in [6.45, 7) is 4.52. The maximum Gasteiger partial charge on any atom is 0.309 e. The molecule has 0 bridgehead atoms. The van der Waals surface area contributed by atoms with Crippen molar-refractivity contribution >= 4 is 11.9 Å². The van der Waals surface area contributed by atoms with Gasteiger partial charge in [0.15, 0.2) is 0 Å². The van der Waals surface area contributed by atoms with Crippen molar-refractivity contribution in [2.24, 2.45) is 23.5 Å². The second kappa shape index (κ2) is 8.15. The number of esters is 2. The summed E-state index contributed by atoms with van der Waals surface area (Å²) in [6.07, 6.45) is 3.70. The molecule has 1 aliphatic carbocycles. The van der Waals surface area contributed by atoms with E-state index in [-0.39, 0.29) is 37.0 Å². The van der Waals surface area contributed by atoms with E-state index in [0.717, 1.165) is 25.7 Å². The number of rotatable bonds is 6. The summed E-state index contributed by atoms with van der Waals surface area (Å²) >= 11 is 0. The Hall–Kier alpha value is -1.10. The van der Waals surface area contributed by atoms with Crippen LogP contribution in [0.4, 0.5) is 0 Å². The van der Waals surface area contributed by atoms with Crippen LogP contribution in [0.15, 0.2) is 0 Å². The lowest BCUT2D eigenvalue weighted by Crippen LogP contribution is -2.27. The van der Waals surface area contributed by atoms with Crippen molar-refractivity contribution in [2.75, 3.05) is 19.8 Å². The Morgan fingerprint density at radius 2 is 1.68 bits per heavy atom. The largest absolute Gasteiger partial charge is 0.462 e. The van der Waals surface area contributed by atoms with Crippen LogP contribution in [0.1, 0.15) is 39.5 Å². The van der Waals surface area contributed by atoms with E-state index in [0.29, 0.717) is 12.5 Å². The molecule has 19 heavy (non-hydrogen) atoms. The summed E-state index contributed by atoms with van der Waals surface area (Å²) in [5, 5.41) is 0. The van der Waals surface area contributed by atoms with Gasteiger partial charge in [0.2, 0.25) is 0 Å². The van der Waals surface area contributed by atoms with Crippen LogP contribution in [0.3, 0.4) is 0 Å². The van der Waals surface area contributed by atoms with Gasteiger partial charge in [0.1, 0.15) is 13.2 Å². The summed E-state index contributed by atoms with van der Waals surface area (Å²) in [6, 6.07) is 0. The van der Waals surface area contributed by atoms with Crippen molar-refractivity contribution in [3.8, 4) is 0 Å². The molecule has 0 spiro atoms. The fourth-order valence-corrected chi connectivity index (χ4v) is 2.20. The number of nitrogens with two attached hydrogens (primary N) is 1. The Morgan fingerprint density at radius 3 is 2.21 bits per heavy atom. The highest BCUT2D eigenvalue weighted by atomic mass is 16.6. The van der Waals surface area contributed by atoms with E-state index in [2.05, 4.69) is 0 Å². The van der Waals surface area contributed by atoms with Gasteiger partial charge in [-0.2, -0.15) is 0 Å². The molecule has 0 radical (unpaired) electrons. The van der Waals surface area contributed by atoms with Crippen molar-refractivity contribution in [3.05, 3.63) is 0 Å². The Bertz CT molecular complexity index is 296. The molecule has 1 fully saturated rings. The number of carbonyl (C=O) groups is 2. The van der Waals surface area contributed by atoms with Gasteiger partial charge in [-0.25, -0.2) is 0 Å². The van der Waals surface area contributed by atoms with E-state index in [1.165, 1.54) is 0 Å². The van der Waals surface area contributed by atoms with Crippen molar-refractivity contribution in [3.63, 3.8) is 0 Å². The van der Waals surface area contributed by atoms with E-state index < -0.39 is 0 Å². The van der Waals surface area contributed by atoms with Crippen LogP contribution in [0.2, 0.25) is 0 Å². The maximum atomic E-state index is 11.8. The van der Waals surface area contributed by atoms with Crippen LogP contribution < -0.4 is 5.73 Å². The summed E-state index contributed by atoms with van der Waals surface area (Å²) in [7, 11) is 0. The van der Waals surface area contributed by atoms with E-state index in [9.17, 15) is 9.59 Å². The molecule has 0 heterocycles. The zero-order chi connectivity index (χ0) is 14.3. The van der Waals surface area contributed by atoms with E-state index in [1.54, 1.807) is 13.8 Å². The molecular formula is C14H25NO4. The highest BCUT2D eigenvalue weighted by Gasteiger charge is 2.26. The zero-order valence-corrected chi connectivity index (χ0v) is 11.9. The van der Waals surface area contributed by atoms with Gasteiger partial charge in [-0.05, 0) is 38.1 Å². The normalized spacial score (nSPS) is 23.2. The van der Waals surface area contributed by atoms with Crippen LogP contribution in [0.25, 0.3) is 0 Å². The highest BCUT2D eigenvalue weighted by Crippen LogP contribution is 2.28. The first-order chi connectivity index (χ1) is 9.04. The molecule has 5 nitrogen and oxygen atoms in total. The minimum atomic E-state index is -0.264. The molecule has 2 N–H and O–H groups in total. The molecule has 1 aliphatic rings. The van der Waals surface area contributed by atoms with E-state index in [1.807, 2.05) is 0 Å². The van der Waals surface area contributed by atoms with Crippen molar-refractivity contribution in [2.45, 2.75) is 39.5 Å². The molecule has 5 heteroatoms. The molecule has 0 amide bonds. The zero-order valence-electron chi connectivity index (χ0n) is 11.9. The number of ether oxygens (including phenoxy) is 2.